The number of hydrogen-bond acceptors (Lipinski definition) is 5. The number of carbonyl (C=O) groups is 2. The number of amides is 2. The Kier molecular flexibility index (Phi) is 6.95. The van der Waals surface area contributed by atoms with Gasteiger partial charge in [0.25, 0.3) is 5.91 Å². The second kappa shape index (κ2) is 10.2. The Morgan fingerprint density at radius 3 is 2.58 bits per heavy atom. The first-order chi connectivity index (χ1) is 16.0. The van der Waals surface area contributed by atoms with Crippen LogP contribution in [-0.2, 0) is 17.0 Å². The maximum absolute atomic E-state index is 12.4. The Balaban J connectivity index is 1.28. The van der Waals surface area contributed by atoms with Gasteiger partial charge >= 0.3 is 0 Å². The Hall–Kier alpha value is -3.78. The van der Waals surface area contributed by atoms with E-state index in [1.54, 1.807) is 31.0 Å². The summed E-state index contributed by atoms with van der Waals surface area (Å²) in [6.07, 6.45) is 0.100. The monoisotopic (exact) mass is 460 g/mol. The van der Waals surface area contributed by atoms with Crippen molar-refractivity contribution in [2.75, 3.05) is 7.11 Å². The molecule has 0 aliphatic rings. The molecule has 0 atom stereocenters. The van der Waals surface area contributed by atoms with Gasteiger partial charge in [0.15, 0.2) is 5.16 Å². The number of aryl methyl sites for hydroxylation is 1. The number of methoxy groups -OCH3 is 1. The topological polar surface area (TPSA) is 96.1 Å². The summed E-state index contributed by atoms with van der Waals surface area (Å²) in [5.41, 5.74) is 10.2. The summed E-state index contributed by atoms with van der Waals surface area (Å²) in [5.74, 6) is 0.650. The van der Waals surface area contributed by atoms with E-state index in [4.69, 9.17) is 4.74 Å². The molecular formula is C25H24N4O3S. The number of para-hydroxylation sites is 2. The normalized spacial score (nSPS) is 10.7. The van der Waals surface area contributed by atoms with Gasteiger partial charge in [-0.1, -0.05) is 53.7 Å². The van der Waals surface area contributed by atoms with Crippen LogP contribution in [0.4, 0.5) is 0 Å². The van der Waals surface area contributed by atoms with Crippen molar-refractivity contribution in [3.63, 3.8) is 0 Å². The van der Waals surface area contributed by atoms with Crippen LogP contribution in [0.3, 0.4) is 0 Å². The van der Waals surface area contributed by atoms with Gasteiger partial charge in [0.2, 0.25) is 5.91 Å². The SMILES string of the molecule is COc1ccc(C)cc1CC(=O)NNC(=O)c1ccc(CSc2nc3ccccc3[nH]2)cc1. The Bertz CT molecular complexity index is 1250. The molecule has 0 aliphatic heterocycles. The van der Waals surface area contributed by atoms with Crippen LogP contribution < -0.4 is 15.6 Å². The van der Waals surface area contributed by atoms with Gasteiger partial charge in [0.05, 0.1) is 24.6 Å². The Morgan fingerprint density at radius 1 is 1.03 bits per heavy atom. The van der Waals surface area contributed by atoms with E-state index >= 15 is 0 Å². The third-order valence-electron chi connectivity index (χ3n) is 5.06. The number of hydrogen-bond donors (Lipinski definition) is 3. The zero-order valence-electron chi connectivity index (χ0n) is 18.3. The highest BCUT2D eigenvalue weighted by Crippen LogP contribution is 2.23. The number of benzene rings is 3. The lowest BCUT2D eigenvalue weighted by atomic mass is 10.1. The number of fused-ring (bicyclic) bond motifs is 1. The molecular weight excluding hydrogens is 436 g/mol. The second-order valence-corrected chi connectivity index (χ2v) is 8.50. The standard InChI is InChI=1S/C25H24N4O3S/c1-16-7-12-22(32-2)19(13-16)14-23(30)28-29-24(31)18-10-8-17(9-11-18)15-33-25-26-20-5-3-4-6-21(20)27-25/h3-13H,14-15H2,1-2H3,(H,26,27)(H,28,30)(H,29,31). The fourth-order valence-electron chi connectivity index (χ4n) is 3.36. The van der Waals surface area contributed by atoms with Crippen molar-refractivity contribution in [3.8, 4) is 5.75 Å². The summed E-state index contributed by atoms with van der Waals surface area (Å²) in [4.78, 5) is 32.5. The number of aromatic nitrogens is 2. The van der Waals surface area contributed by atoms with Crippen molar-refractivity contribution in [2.45, 2.75) is 24.3 Å². The lowest BCUT2D eigenvalue weighted by Gasteiger charge is -2.11. The number of nitrogens with one attached hydrogen (secondary N) is 3. The van der Waals surface area contributed by atoms with E-state index in [0.717, 1.165) is 38.6 Å². The maximum atomic E-state index is 12.4. The summed E-state index contributed by atoms with van der Waals surface area (Å²) >= 11 is 1.60. The van der Waals surface area contributed by atoms with Crippen molar-refractivity contribution in [3.05, 3.63) is 89.0 Å². The molecule has 0 unspecified atom stereocenters. The highest BCUT2D eigenvalue weighted by molar-refractivity contribution is 7.98. The Morgan fingerprint density at radius 2 is 1.82 bits per heavy atom. The molecule has 0 saturated carbocycles. The molecule has 168 valence electrons. The van der Waals surface area contributed by atoms with Crippen LogP contribution in [-0.4, -0.2) is 28.9 Å². The van der Waals surface area contributed by atoms with Crippen molar-refractivity contribution in [2.24, 2.45) is 0 Å². The number of aromatic amines is 1. The summed E-state index contributed by atoms with van der Waals surface area (Å²) in [7, 11) is 1.56. The summed E-state index contributed by atoms with van der Waals surface area (Å²) in [6, 6.07) is 20.8. The zero-order chi connectivity index (χ0) is 23.2. The van der Waals surface area contributed by atoms with E-state index in [2.05, 4.69) is 20.8 Å². The van der Waals surface area contributed by atoms with Gasteiger partial charge in [-0.05, 0) is 42.8 Å². The fraction of sp³-hybridized carbons (Fsp3) is 0.160. The highest BCUT2D eigenvalue weighted by Gasteiger charge is 2.11. The minimum atomic E-state index is -0.379. The molecule has 1 aromatic heterocycles. The number of ether oxygens (including phenoxy) is 1. The molecule has 0 saturated heterocycles. The predicted molar refractivity (Wildman–Crippen MR) is 129 cm³/mol. The summed E-state index contributed by atoms with van der Waals surface area (Å²) in [5, 5.41) is 0.853. The fourth-order valence-corrected chi connectivity index (χ4v) is 4.20. The molecule has 8 heteroatoms. The summed E-state index contributed by atoms with van der Waals surface area (Å²) in [6.45, 7) is 1.95. The molecule has 33 heavy (non-hydrogen) atoms. The predicted octanol–water partition coefficient (Wildman–Crippen LogP) is 4.18. The number of hydrazine groups is 1. The number of imidazole rings is 1. The van der Waals surface area contributed by atoms with E-state index in [1.807, 2.05) is 61.5 Å². The van der Waals surface area contributed by atoms with Crippen molar-refractivity contribution in [1.82, 2.24) is 20.8 Å². The average Bonchev–Trinajstić information content (AvgIpc) is 3.25. The van der Waals surface area contributed by atoms with Gasteiger partial charge in [0, 0.05) is 16.9 Å². The van der Waals surface area contributed by atoms with E-state index in [0.29, 0.717) is 11.3 Å². The number of carbonyl (C=O) groups excluding carboxylic acids is 2. The Labute approximate surface area is 195 Å². The molecule has 3 N–H and O–H groups in total. The largest absolute Gasteiger partial charge is 0.496 e. The van der Waals surface area contributed by atoms with Crippen LogP contribution >= 0.6 is 11.8 Å². The molecule has 1 heterocycles. The third kappa shape index (κ3) is 5.72. The molecule has 0 aliphatic carbocycles. The van der Waals surface area contributed by atoms with E-state index in [1.165, 1.54) is 0 Å². The minimum absolute atomic E-state index is 0.100. The summed E-state index contributed by atoms with van der Waals surface area (Å²) < 4.78 is 5.30. The second-order valence-electron chi connectivity index (χ2n) is 7.54. The molecule has 4 rings (SSSR count). The molecule has 7 nitrogen and oxygen atoms in total. The van der Waals surface area contributed by atoms with Crippen molar-refractivity contribution < 1.29 is 14.3 Å². The van der Waals surface area contributed by atoms with Crippen LogP contribution in [0.15, 0.2) is 71.9 Å². The van der Waals surface area contributed by atoms with Crippen LogP contribution in [0, 0.1) is 6.92 Å². The third-order valence-corrected chi connectivity index (χ3v) is 6.01. The first kappa shape index (κ1) is 22.4. The van der Waals surface area contributed by atoms with Gasteiger partial charge in [-0.25, -0.2) is 4.98 Å². The quantitative estimate of drug-likeness (QED) is 0.284. The minimum Gasteiger partial charge on any atom is -0.496 e. The van der Waals surface area contributed by atoms with Crippen molar-refractivity contribution in [1.29, 1.82) is 0 Å². The van der Waals surface area contributed by atoms with Crippen LogP contribution in [0.25, 0.3) is 11.0 Å². The molecule has 0 spiro atoms. The van der Waals surface area contributed by atoms with Crippen LogP contribution in [0.5, 0.6) is 5.75 Å². The molecule has 3 aromatic carbocycles. The van der Waals surface area contributed by atoms with E-state index in [-0.39, 0.29) is 18.2 Å². The highest BCUT2D eigenvalue weighted by atomic mass is 32.2. The van der Waals surface area contributed by atoms with E-state index < -0.39 is 0 Å². The average molecular weight is 461 g/mol. The van der Waals surface area contributed by atoms with Gasteiger partial charge in [-0.15, -0.1) is 0 Å². The van der Waals surface area contributed by atoms with Gasteiger partial charge < -0.3 is 9.72 Å². The molecule has 4 aromatic rings. The van der Waals surface area contributed by atoms with Crippen molar-refractivity contribution >= 4 is 34.6 Å². The van der Waals surface area contributed by atoms with Gasteiger partial charge in [-0.2, -0.15) is 0 Å². The number of nitrogens with zero attached hydrogens (tertiary/aromatic N) is 1. The van der Waals surface area contributed by atoms with Gasteiger partial charge in [-0.3, -0.25) is 20.4 Å². The first-order valence-electron chi connectivity index (χ1n) is 10.4. The van der Waals surface area contributed by atoms with Crippen LogP contribution in [0.2, 0.25) is 0 Å². The lowest BCUT2D eigenvalue weighted by molar-refractivity contribution is -0.121. The number of rotatable bonds is 7. The number of H-pyrrole nitrogens is 1. The molecule has 0 radical (unpaired) electrons. The maximum Gasteiger partial charge on any atom is 0.269 e. The smallest absolute Gasteiger partial charge is 0.269 e. The lowest BCUT2D eigenvalue weighted by Crippen LogP contribution is -2.42. The number of thioether (sulfide) groups is 1. The molecule has 2 amide bonds. The van der Waals surface area contributed by atoms with Gasteiger partial charge in [0.1, 0.15) is 5.75 Å². The first-order valence-corrected chi connectivity index (χ1v) is 11.4. The molecule has 0 fully saturated rings. The van der Waals surface area contributed by atoms with E-state index in [9.17, 15) is 9.59 Å². The van der Waals surface area contributed by atoms with Crippen LogP contribution in [0.1, 0.15) is 27.0 Å². The molecule has 0 bridgehead atoms. The zero-order valence-corrected chi connectivity index (χ0v) is 19.2.